The van der Waals surface area contributed by atoms with Crippen LogP contribution in [0.3, 0.4) is 0 Å². The molecule has 0 heterocycles. The van der Waals surface area contributed by atoms with E-state index in [-0.39, 0.29) is 11.6 Å². The molecular formula is C16H10F2O. The number of benzene rings is 2. The van der Waals surface area contributed by atoms with Gasteiger partial charge in [0.25, 0.3) is 0 Å². The summed E-state index contributed by atoms with van der Waals surface area (Å²) in [7, 11) is 0. The molecule has 0 saturated carbocycles. The molecule has 19 heavy (non-hydrogen) atoms. The highest BCUT2D eigenvalue weighted by Crippen LogP contribution is 2.15. The average Bonchev–Trinajstić information content (AvgIpc) is 2.43. The molecule has 0 aliphatic heterocycles. The van der Waals surface area contributed by atoms with Gasteiger partial charge in [-0.3, -0.25) is 0 Å². The standard InChI is InChI=1S/C16H10F2O/c17-15-7-2-12(3-8-15)1-4-14(11-19)13-5-9-16(18)10-6-13/h1-10H/b4-1+. The van der Waals surface area contributed by atoms with Gasteiger partial charge in [-0.2, -0.15) is 0 Å². The minimum atomic E-state index is -0.364. The lowest BCUT2D eigenvalue weighted by Crippen LogP contribution is -1.83. The highest BCUT2D eigenvalue weighted by molar-refractivity contribution is 5.95. The molecular weight excluding hydrogens is 246 g/mol. The fourth-order valence-electron chi connectivity index (χ4n) is 1.57. The van der Waals surface area contributed by atoms with Crippen molar-refractivity contribution < 1.29 is 13.6 Å². The lowest BCUT2D eigenvalue weighted by Gasteiger charge is -1.98. The quantitative estimate of drug-likeness (QED) is 0.601. The van der Waals surface area contributed by atoms with Crippen molar-refractivity contribution in [2.24, 2.45) is 0 Å². The first-order valence-electron chi connectivity index (χ1n) is 5.64. The van der Waals surface area contributed by atoms with Crippen LogP contribution in [0.15, 0.2) is 54.6 Å². The second-order valence-corrected chi connectivity index (χ2v) is 3.91. The molecule has 2 aromatic carbocycles. The first-order valence-corrected chi connectivity index (χ1v) is 5.64. The normalized spacial score (nSPS) is 10.4. The molecule has 0 N–H and O–H groups in total. The van der Waals surface area contributed by atoms with Crippen LogP contribution in [0.1, 0.15) is 11.1 Å². The Kier molecular flexibility index (Phi) is 4.01. The Balaban J connectivity index is 2.22. The highest BCUT2D eigenvalue weighted by atomic mass is 19.1. The van der Waals surface area contributed by atoms with E-state index in [0.717, 1.165) is 5.56 Å². The van der Waals surface area contributed by atoms with E-state index in [1.165, 1.54) is 36.4 Å². The van der Waals surface area contributed by atoms with E-state index in [4.69, 9.17) is 0 Å². The predicted octanol–water partition coefficient (Wildman–Crippen LogP) is 3.89. The molecule has 0 aromatic heterocycles. The summed E-state index contributed by atoms with van der Waals surface area (Å²) in [6, 6.07) is 11.4. The zero-order chi connectivity index (χ0) is 13.7. The van der Waals surface area contributed by atoms with Gasteiger partial charge in [-0.25, -0.2) is 13.6 Å². The summed E-state index contributed by atoms with van der Waals surface area (Å²) < 4.78 is 25.5. The van der Waals surface area contributed by atoms with Crippen molar-refractivity contribution in [3.63, 3.8) is 0 Å². The van der Waals surface area contributed by atoms with Crippen LogP contribution >= 0.6 is 0 Å². The lowest BCUT2D eigenvalue weighted by molar-refractivity contribution is 0.569. The number of allylic oxidation sites excluding steroid dienone is 2. The third-order valence-corrected chi connectivity index (χ3v) is 2.58. The molecule has 1 nitrogen and oxygen atoms in total. The van der Waals surface area contributed by atoms with E-state index < -0.39 is 0 Å². The van der Waals surface area contributed by atoms with Crippen LogP contribution < -0.4 is 0 Å². The van der Waals surface area contributed by atoms with Crippen molar-refractivity contribution in [1.82, 2.24) is 0 Å². The van der Waals surface area contributed by atoms with Gasteiger partial charge in [0.2, 0.25) is 0 Å². The van der Waals surface area contributed by atoms with Gasteiger partial charge in [0.05, 0.1) is 5.57 Å². The SMILES string of the molecule is O=C=C(/C=C/c1ccc(F)cc1)c1ccc(F)cc1. The van der Waals surface area contributed by atoms with Gasteiger partial charge in [-0.15, -0.1) is 0 Å². The van der Waals surface area contributed by atoms with Crippen molar-refractivity contribution in [3.05, 3.63) is 77.4 Å². The summed E-state index contributed by atoms with van der Waals surface area (Å²) in [6.45, 7) is 0. The largest absolute Gasteiger partial charge is 0.233 e. The van der Waals surface area contributed by atoms with Crippen molar-refractivity contribution >= 4 is 17.6 Å². The number of hydrogen-bond donors (Lipinski definition) is 0. The Morgan fingerprint density at radius 2 is 1.42 bits per heavy atom. The predicted molar refractivity (Wildman–Crippen MR) is 70.9 cm³/mol. The number of hydrogen-bond acceptors (Lipinski definition) is 1. The van der Waals surface area contributed by atoms with Gasteiger partial charge in [-0.05, 0) is 41.5 Å². The smallest absolute Gasteiger partial charge is 0.133 e. The number of halogens is 2. The minimum Gasteiger partial charge on any atom is -0.233 e. The molecule has 3 heteroatoms. The second kappa shape index (κ2) is 5.89. The third-order valence-electron chi connectivity index (χ3n) is 2.58. The van der Waals surface area contributed by atoms with E-state index in [0.29, 0.717) is 11.1 Å². The summed E-state index contributed by atoms with van der Waals surface area (Å²) in [4.78, 5) is 10.9. The zero-order valence-corrected chi connectivity index (χ0v) is 9.94. The molecule has 0 amide bonds. The average molecular weight is 256 g/mol. The zero-order valence-electron chi connectivity index (χ0n) is 9.94. The molecule has 0 unspecified atom stereocenters. The number of carbonyl (C=O) groups excluding carboxylic acids is 1. The Labute approximate surface area is 109 Å². The van der Waals surface area contributed by atoms with Crippen LogP contribution in [0.4, 0.5) is 8.78 Å². The van der Waals surface area contributed by atoms with E-state index in [1.54, 1.807) is 30.2 Å². The molecule has 0 aliphatic carbocycles. The molecule has 2 aromatic rings. The van der Waals surface area contributed by atoms with Crippen LogP contribution in [0.5, 0.6) is 0 Å². The Morgan fingerprint density at radius 3 is 1.95 bits per heavy atom. The van der Waals surface area contributed by atoms with Crippen LogP contribution in [0, 0.1) is 11.6 Å². The molecule has 2 rings (SSSR count). The maximum Gasteiger partial charge on any atom is 0.133 e. The maximum absolute atomic E-state index is 12.8. The fourth-order valence-corrected chi connectivity index (χ4v) is 1.57. The monoisotopic (exact) mass is 256 g/mol. The Morgan fingerprint density at radius 1 is 0.895 bits per heavy atom. The molecule has 0 radical (unpaired) electrons. The van der Waals surface area contributed by atoms with Crippen LogP contribution in [0.2, 0.25) is 0 Å². The van der Waals surface area contributed by atoms with Crippen LogP contribution in [-0.2, 0) is 4.79 Å². The van der Waals surface area contributed by atoms with E-state index >= 15 is 0 Å². The minimum absolute atomic E-state index is 0.310. The van der Waals surface area contributed by atoms with Crippen LogP contribution in [0.25, 0.3) is 11.6 Å². The first-order chi connectivity index (χ1) is 9.19. The molecule has 0 spiro atoms. The third kappa shape index (κ3) is 3.47. The fraction of sp³-hybridized carbons (Fsp3) is 0. The molecule has 0 saturated heterocycles. The van der Waals surface area contributed by atoms with Crippen molar-refractivity contribution in [1.29, 1.82) is 0 Å². The van der Waals surface area contributed by atoms with Crippen molar-refractivity contribution in [2.45, 2.75) is 0 Å². The van der Waals surface area contributed by atoms with Crippen LogP contribution in [-0.4, -0.2) is 5.94 Å². The Bertz CT molecular complexity index is 633. The van der Waals surface area contributed by atoms with Gasteiger partial charge in [-0.1, -0.05) is 30.3 Å². The van der Waals surface area contributed by atoms with Gasteiger partial charge >= 0.3 is 0 Å². The summed E-state index contributed by atoms with van der Waals surface area (Å²) in [5, 5.41) is 0. The molecule has 94 valence electrons. The van der Waals surface area contributed by atoms with Gasteiger partial charge < -0.3 is 0 Å². The molecule has 0 aliphatic rings. The van der Waals surface area contributed by atoms with E-state index in [9.17, 15) is 13.6 Å². The highest BCUT2D eigenvalue weighted by Gasteiger charge is 1.99. The summed E-state index contributed by atoms with van der Waals surface area (Å²) >= 11 is 0. The Hall–Kier alpha value is -2.51. The van der Waals surface area contributed by atoms with Crippen molar-refractivity contribution in [3.8, 4) is 0 Å². The summed E-state index contributed by atoms with van der Waals surface area (Å²) in [5.41, 5.74) is 1.65. The van der Waals surface area contributed by atoms with Gasteiger partial charge in [0.15, 0.2) is 0 Å². The molecule has 0 bridgehead atoms. The second-order valence-electron chi connectivity index (χ2n) is 3.91. The lowest BCUT2D eigenvalue weighted by atomic mass is 10.1. The number of rotatable bonds is 3. The summed E-state index contributed by atoms with van der Waals surface area (Å²) in [6.07, 6.45) is 3.23. The van der Waals surface area contributed by atoms with Gasteiger partial charge in [0.1, 0.15) is 17.6 Å². The molecule has 0 fully saturated rings. The molecule has 0 atom stereocenters. The van der Waals surface area contributed by atoms with E-state index in [2.05, 4.69) is 0 Å². The van der Waals surface area contributed by atoms with E-state index in [1.807, 2.05) is 0 Å². The summed E-state index contributed by atoms with van der Waals surface area (Å²) in [5.74, 6) is 1.12. The van der Waals surface area contributed by atoms with Crippen molar-refractivity contribution in [2.75, 3.05) is 0 Å². The topological polar surface area (TPSA) is 17.1 Å². The van der Waals surface area contributed by atoms with Gasteiger partial charge in [0, 0.05) is 0 Å². The first kappa shape index (κ1) is 12.9. The maximum atomic E-state index is 12.8.